The third-order valence-electron chi connectivity index (χ3n) is 5.21. The number of amides is 1. The molecule has 0 radical (unpaired) electrons. The Kier molecular flexibility index (Phi) is 7.30. The number of rotatable bonds is 9. The van der Waals surface area contributed by atoms with Gasteiger partial charge in [-0.3, -0.25) is 4.79 Å². The zero-order valence-electron chi connectivity index (χ0n) is 18.0. The molecule has 1 unspecified atom stereocenters. The van der Waals surface area contributed by atoms with Crippen LogP contribution in [0.2, 0.25) is 0 Å². The summed E-state index contributed by atoms with van der Waals surface area (Å²) in [7, 11) is -3.50. The predicted octanol–water partition coefficient (Wildman–Crippen LogP) is 4.13. The summed E-state index contributed by atoms with van der Waals surface area (Å²) in [6, 6.07) is 19.9. The van der Waals surface area contributed by atoms with Crippen LogP contribution in [0, 0.1) is 0 Å². The van der Waals surface area contributed by atoms with E-state index in [9.17, 15) is 13.2 Å². The molecule has 0 aliphatic rings. The zero-order chi connectivity index (χ0) is 22.4. The van der Waals surface area contributed by atoms with E-state index in [1.807, 2.05) is 63.2 Å². The fraction of sp³-hybridized carbons (Fsp3) is 0.292. The highest BCUT2D eigenvalue weighted by atomic mass is 32.2. The van der Waals surface area contributed by atoms with Gasteiger partial charge in [0.2, 0.25) is 10.0 Å². The highest BCUT2D eigenvalue weighted by molar-refractivity contribution is 7.89. The van der Waals surface area contributed by atoms with Crippen molar-refractivity contribution in [1.82, 2.24) is 9.62 Å². The van der Waals surface area contributed by atoms with Gasteiger partial charge in [-0.15, -0.1) is 0 Å². The number of hydrogen-bond acceptors (Lipinski definition) is 4. The molecule has 1 atom stereocenters. The molecule has 31 heavy (non-hydrogen) atoms. The number of sulfonamides is 1. The Balaban J connectivity index is 1.62. The Morgan fingerprint density at radius 2 is 1.61 bits per heavy atom. The molecule has 3 aromatic rings. The summed E-state index contributed by atoms with van der Waals surface area (Å²) in [6.45, 7) is 6.21. The smallest absolute Gasteiger partial charge is 0.258 e. The largest absolute Gasteiger partial charge is 0.483 e. The van der Waals surface area contributed by atoms with Crippen LogP contribution in [-0.2, 0) is 14.8 Å². The van der Waals surface area contributed by atoms with Gasteiger partial charge in [-0.1, -0.05) is 62.4 Å². The van der Waals surface area contributed by atoms with Gasteiger partial charge in [-0.05, 0) is 36.1 Å². The molecule has 7 heteroatoms. The van der Waals surface area contributed by atoms with E-state index in [2.05, 4.69) is 5.32 Å². The lowest BCUT2D eigenvalue weighted by Gasteiger charge is -2.19. The number of ether oxygens (including phenoxy) is 1. The first kappa shape index (κ1) is 22.8. The van der Waals surface area contributed by atoms with E-state index in [0.717, 1.165) is 16.3 Å². The molecule has 1 amide bonds. The van der Waals surface area contributed by atoms with E-state index < -0.39 is 10.0 Å². The molecule has 0 aliphatic heterocycles. The maximum absolute atomic E-state index is 12.6. The van der Waals surface area contributed by atoms with Crippen molar-refractivity contribution >= 4 is 26.7 Å². The van der Waals surface area contributed by atoms with E-state index in [0.29, 0.717) is 18.8 Å². The molecule has 6 nitrogen and oxygen atoms in total. The number of nitrogens with zero attached hydrogens (tertiary/aromatic N) is 1. The summed E-state index contributed by atoms with van der Waals surface area (Å²) in [6.07, 6.45) is 0. The minimum absolute atomic E-state index is 0.104. The van der Waals surface area contributed by atoms with Crippen molar-refractivity contribution in [1.29, 1.82) is 0 Å². The monoisotopic (exact) mass is 440 g/mol. The average Bonchev–Trinajstić information content (AvgIpc) is 2.78. The SMILES string of the molecule is CCN(CC)S(=O)(=O)c1ccc(C(C)NC(=O)COc2cccc3ccccc23)cc1. The summed E-state index contributed by atoms with van der Waals surface area (Å²) in [4.78, 5) is 12.6. The van der Waals surface area contributed by atoms with Gasteiger partial charge in [0.25, 0.3) is 5.91 Å². The normalized spacial score (nSPS) is 12.6. The summed E-state index contributed by atoms with van der Waals surface area (Å²) in [5, 5.41) is 4.90. The van der Waals surface area contributed by atoms with Gasteiger partial charge in [-0.25, -0.2) is 8.42 Å². The third kappa shape index (κ3) is 5.24. The number of hydrogen-bond donors (Lipinski definition) is 1. The average molecular weight is 441 g/mol. The topological polar surface area (TPSA) is 75.7 Å². The van der Waals surface area contributed by atoms with Crippen LogP contribution >= 0.6 is 0 Å². The molecular formula is C24H28N2O4S. The first-order chi connectivity index (χ1) is 14.9. The lowest BCUT2D eigenvalue weighted by molar-refractivity contribution is -0.123. The van der Waals surface area contributed by atoms with Crippen molar-refractivity contribution in [3.63, 3.8) is 0 Å². The van der Waals surface area contributed by atoms with E-state index in [1.54, 1.807) is 24.3 Å². The van der Waals surface area contributed by atoms with E-state index in [4.69, 9.17) is 4.74 Å². The Morgan fingerprint density at radius 3 is 2.29 bits per heavy atom. The van der Waals surface area contributed by atoms with E-state index in [1.165, 1.54) is 4.31 Å². The summed E-state index contributed by atoms with van der Waals surface area (Å²) in [5.74, 6) is 0.409. The highest BCUT2D eigenvalue weighted by Gasteiger charge is 2.21. The Hall–Kier alpha value is -2.90. The molecule has 3 aromatic carbocycles. The first-order valence-electron chi connectivity index (χ1n) is 10.4. The Labute approximate surface area is 183 Å². The minimum Gasteiger partial charge on any atom is -0.483 e. The molecule has 0 saturated heterocycles. The molecule has 0 bridgehead atoms. The predicted molar refractivity (Wildman–Crippen MR) is 123 cm³/mol. The summed E-state index contributed by atoms with van der Waals surface area (Å²) in [5.41, 5.74) is 0.817. The molecular weight excluding hydrogens is 412 g/mol. The fourth-order valence-corrected chi connectivity index (χ4v) is 4.93. The molecule has 0 heterocycles. The first-order valence-corrected chi connectivity index (χ1v) is 11.8. The van der Waals surface area contributed by atoms with Crippen LogP contribution in [0.5, 0.6) is 5.75 Å². The fourth-order valence-electron chi connectivity index (χ4n) is 3.47. The van der Waals surface area contributed by atoms with Gasteiger partial charge >= 0.3 is 0 Å². The Morgan fingerprint density at radius 1 is 0.968 bits per heavy atom. The van der Waals surface area contributed by atoms with Crippen LogP contribution in [0.25, 0.3) is 10.8 Å². The molecule has 3 rings (SSSR count). The van der Waals surface area contributed by atoms with Crippen molar-refractivity contribution in [3.8, 4) is 5.75 Å². The maximum Gasteiger partial charge on any atom is 0.258 e. The maximum atomic E-state index is 12.6. The molecule has 0 saturated carbocycles. The van der Waals surface area contributed by atoms with Crippen LogP contribution in [0.3, 0.4) is 0 Å². The molecule has 0 fully saturated rings. The molecule has 0 aromatic heterocycles. The second-order valence-corrected chi connectivity index (χ2v) is 9.15. The van der Waals surface area contributed by atoms with Crippen molar-refractivity contribution < 1.29 is 17.9 Å². The molecule has 0 spiro atoms. The zero-order valence-corrected chi connectivity index (χ0v) is 18.9. The highest BCUT2D eigenvalue weighted by Crippen LogP contribution is 2.25. The van der Waals surface area contributed by atoms with Crippen molar-refractivity contribution in [2.45, 2.75) is 31.7 Å². The second kappa shape index (κ2) is 9.94. The quantitative estimate of drug-likeness (QED) is 0.543. The van der Waals surface area contributed by atoms with Crippen molar-refractivity contribution in [2.75, 3.05) is 19.7 Å². The Bertz CT molecular complexity index is 1130. The number of nitrogens with one attached hydrogen (secondary N) is 1. The minimum atomic E-state index is -3.50. The van der Waals surface area contributed by atoms with Gasteiger partial charge in [-0.2, -0.15) is 4.31 Å². The van der Waals surface area contributed by atoms with Crippen molar-refractivity contribution in [2.24, 2.45) is 0 Å². The third-order valence-corrected chi connectivity index (χ3v) is 7.27. The number of fused-ring (bicyclic) bond motifs is 1. The number of benzene rings is 3. The van der Waals surface area contributed by atoms with Crippen LogP contribution in [0.4, 0.5) is 0 Å². The number of carbonyl (C=O) groups excluding carboxylic acids is 1. The van der Waals surface area contributed by atoms with Crippen LogP contribution in [0.15, 0.2) is 71.6 Å². The van der Waals surface area contributed by atoms with Gasteiger partial charge < -0.3 is 10.1 Å². The summed E-state index contributed by atoms with van der Waals surface area (Å²) >= 11 is 0. The lowest BCUT2D eigenvalue weighted by Crippen LogP contribution is -2.31. The van der Waals surface area contributed by atoms with Crippen LogP contribution in [-0.4, -0.2) is 38.3 Å². The van der Waals surface area contributed by atoms with Crippen LogP contribution in [0.1, 0.15) is 32.4 Å². The van der Waals surface area contributed by atoms with Crippen LogP contribution < -0.4 is 10.1 Å². The van der Waals surface area contributed by atoms with Crippen molar-refractivity contribution in [3.05, 3.63) is 72.3 Å². The summed E-state index contributed by atoms with van der Waals surface area (Å²) < 4.78 is 32.4. The molecule has 1 N–H and O–H groups in total. The molecule has 164 valence electrons. The second-order valence-electron chi connectivity index (χ2n) is 7.21. The number of carbonyl (C=O) groups is 1. The van der Waals surface area contributed by atoms with E-state index >= 15 is 0 Å². The lowest BCUT2D eigenvalue weighted by atomic mass is 10.1. The molecule has 0 aliphatic carbocycles. The van der Waals surface area contributed by atoms with Gasteiger partial charge in [0.1, 0.15) is 5.75 Å². The van der Waals surface area contributed by atoms with E-state index in [-0.39, 0.29) is 23.5 Å². The standard InChI is InChI=1S/C24H28N2O4S/c1-4-26(5-2)31(28,29)21-15-13-19(14-16-21)18(3)25-24(27)17-30-23-12-8-10-20-9-6-7-11-22(20)23/h6-16,18H,4-5,17H2,1-3H3,(H,25,27). The van der Waals surface area contributed by atoms with Gasteiger partial charge in [0.15, 0.2) is 6.61 Å². The van der Waals surface area contributed by atoms with Gasteiger partial charge in [0.05, 0.1) is 10.9 Å². The van der Waals surface area contributed by atoms with Gasteiger partial charge in [0, 0.05) is 18.5 Å².